The van der Waals surface area contributed by atoms with Crippen LogP contribution in [0.2, 0.25) is 0 Å². The molecule has 1 unspecified atom stereocenters. The number of hydrogen-bond donors (Lipinski definition) is 1. The molecule has 0 aliphatic heterocycles. The molecule has 1 fully saturated rings. The lowest BCUT2D eigenvalue weighted by Crippen LogP contribution is -2.36. The van der Waals surface area contributed by atoms with Gasteiger partial charge in [-0.1, -0.05) is 31.4 Å². The first-order valence-electron chi connectivity index (χ1n) is 8.54. The lowest BCUT2D eigenvalue weighted by molar-refractivity contribution is -0.125. The zero-order chi connectivity index (χ0) is 17.7. The lowest BCUT2D eigenvalue weighted by Gasteiger charge is -2.23. The molecule has 1 saturated carbocycles. The predicted molar refractivity (Wildman–Crippen MR) is 98.1 cm³/mol. The van der Waals surface area contributed by atoms with Crippen molar-refractivity contribution in [1.29, 1.82) is 0 Å². The molecule has 0 saturated heterocycles. The van der Waals surface area contributed by atoms with E-state index in [0.717, 1.165) is 25.7 Å². The fraction of sp³-hybridized carbons (Fsp3) is 0.444. The molecule has 2 aromatic rings. The number of nitrogens with one attached hydrogen (secondary N) is 1. The summed E-state index contributed by atoms with van der Waals surface area (Å²) in [6.07, 6.45) is 8.26. The Balaban J connectivity index is 1.79. The third kappa shape index (κ3) is 4.27. The number of thiophene rings is 1. The monoisotopic (exact) mass is 378 g/mol. The van der Waals surface area contributed by atoms with Crippen LogP contribution in [0, 0.1) is 5.92 Å². The van der Waals surface area contributed by atoms with Gasteiger partial charge in [0.1, 0.15) is 9.46 Å². The van der Waals surface area contributed by atoms with Gasteiger partial charge in [0.2, 0.25) is 5.91 Å². The Morgan fingerprint density at radius 2 is 2.04 bits per heavy atom. The van der Waals surface area contributed by atoms with Gasteiger partial charge < -0.3 is 5.32 Å². The minimum Gasteiger partial charge on any atom is -0.354 e. The molecule has 134 valence electrons. The van der Waals surface area contributed by atoms with Crippen LogP contribution in [0.5, 0.6) is 0 Å². The van der Waals surface area contributed by atoms with Crippen LogP contribution in [0.4, 0.5) is 0 Å². The Labute approximate surface area is 152 Å². The van der Waals surface area contributed by atoms with Crippen molar-refractivity contribution >= 4 is 27.1 Å². The molecule has 3 rings (SSSR count). The molecule has 0 radical (unpaired) electrons. The molecule has 25 heavy (non-hydrogen) atoms. The normalized spacial score (nSPS) is 17.1. The van der Waals surface area contributed by atoms with Gasteiger partial charge in [0, 0.05) is 24.9 Å². The average Bonchev–Trinajstić information content (AvgIpc) is 3.19. The summed E-state index contributed by atoms with van der Waals surface area (Å²) in [7, 11) is -3.57. The van der Waals surface area contributed by atoms with E-state index in [1.54, 1.807) is 42.0 Å². The fourth-order valence-electron chi connectivity index (χ4n) is 3.24. The molecule has 7 heteroatoms. The number of hydrogen-bond acceptors (Lipinski definition) is 5. The van der Waals surface area contributed by atoms with Gasteiger partial charge in [-0.25, -0.2) is 8.42 Å². The first kappa shape index (κ1) is 18.1. The van der Waals surface area contributed by atoms with Gasteiger partial charge in [-0.05, 0) is 35.9 Å². The van der Waals surface area contributed by atoms with Crippen LogP contribution in [0.15, 0.2) is 46.2 Å². The van der Waals surface area contributed by atoms with Crippen molar-refractivity contribution in [3.8, 4) is 0 Å². The summed E-state index contributed by atoms with van der Waals surface area (Å²) in [6, 6.07) is 6.79. The van der Waals surface area contributed by atoms with E-state index in [1.807, 2.05) is 0 Å². The SMILES string of the molecule is O=C(NCC(c1cccnc1)S(=O)(=O)c1cccs1)C1CCCCC1. The zero-order valence-corrected chi connectivity index (χ0v) is 15.6. The summed E-state index contributed by atoms with van der Waals surface area (Å²) >= 11 is 1.19. The van der Waals surface area contributed by atoms with E-state index in [-0.39, 0.29) is 18.4 Å². The summed E-state index contributed by atoms with van der Waals surface area (Å²) in [5, 5.41) is 3.80. The van der Waals surface area contributed by atoms with Crippen LogP contribution in [0.3, 0.4) is 0 Å². The topological polar surface area (TPSA) is 76.1 Å². The van der Waals surface area contributed by atoms with Gasteiger partial charge in [-0.15, -0.1) is 11.3 Å². The van der Waals surface area contributed by atoms with Crippen molar-refractivity contribution in [2.75, 3.05) is 6.54 Å². The largest absolute Gasteiger partial charge is 0.354 e. The number of nitrogens with zero attached hydrogens (tertiary/aromatic N) is 1. The number of amides is 1. The van der Waals surface area contributed by atoms with Gasteiger partial charge in [-0.2, -0.15) is 0 Å². The predicted octanol–water partition coefficient (Wildman–Crippen LogP) is 3.35. The Hall–Kier alpha value is -1.73. The van der Waals surface area contributed by atoms with Crippen LogP contribution >= 0.6 is 11.3 Å². The van der Waals surface area contributed by atoms with Crippen molar-refractivity contribution in [1.82, 2.24) is 10.3 Å². The third-order valence-corrected chi connectivity index (χ3v) is 8.18. The first-order valence-corrected chi connectivity index (χ1v) is 11.0. The molecule has 1 aliphatic rings. The van der Waals surface area contributed by atoms with Crippen LogP contribution in [0.1, 0.15) is 42.9 Å². The van der Waals surface area contributed by atoms with Gasteiger partial charge in [0.15, 0.2) is 9.84 Å². The Morgan fingerprint density at radius 1 is 1.24 bits per heavy atom. The highest BCUT2D eigenvalue weighted by atomic mass is 32.2. The Kier molecular flexibility index (Phi) is 5.86. The van der Waals surface area contributed by atoms with E-state index in [0.29, 0.717) is 9.77 Å². The molecule has 1 atom stereocenters. The molecule has 1 N–H and O–H groups in total. The molecule has 0 spiro atoms. The molecule has 2 heterocycles. The molecular weight excluding hydrogens is 356 g/mol. The number of carbonyl (C=O) groups is 1. The van der Waals surface area contributed by atoms with Gasteiger partial charge >= 0.3 is 0 Å². The molecule has 5 nitrogen and oxygen atoms in total. The lowest BCUT2D eigenvalue weighted by atomic mass is 9.88. The first-order chi connectivity index (χ1) is 12.1. The van der Waals surface area contributed by atoms with Crippen LogP contribution in [-0.2, 0) is 14.6 Å². The Bertz CT molecular complexity index is 783. The number of rotatable bonds is 6. The molecule has 2 aromatic heterocycles. The van der Waals surface area contributed by atoms with Crippen LogP contribution in [-0.4, -0.2) is 25.9 Å². The van der Waals surface area contributed by atoms with Gasteiger partial charge in [-0.3, -0.25) is 9.78 Å². The van der Waals surface area contributed by atoms with E-state index in [4.69, 9.17) is 0 Å². The van der Waals surface area contributed by atoms with E-state index < -0.39 is 15.1 Å². The smallest absolute Gasteiger partial charge is 0.223 e. The van der Waals surface area contributed by atoms with Crippen LogP contribution < -0.4 is 5.32 Å². The highest BCUT2D eigenvalue weighted by Crippen LogP contribution is 2.31. The maximum atomic E-state index is 13.0. The summed E-state index contributed by atoms with van der Waals surface area (Å²) in [4.78, 5) is 16.5. The number of carbonyl (C=O) groups excluding carboxylic acids is 1. The highest BCUT2D eigenvalue weighted by molar-refractivity contribution is 7.93. The quantitative estimate of drug-likeness (QED) is 0.836. The van der Waals surface area contributed by atoms with Gasteiger partial charge in [0.05, 0.1) is 0 Å². The van der Waals surface area contributed by atoms with Crippen LogP contribution in [0.25, 0.3) is 0 Å². The van der Waals surface area contributed by atoms with Gasteiger partial charge in [0.25, 0.3) is 0 Å². The molecule has 1 amide bonds. The Morgan fingerprint density at radius 3 is 2.68 bits per heavy atom. The average molecular weight is 379 g/mol. The van der Waals surface area contributed by atoms with E-state index in [9.17, 15) is 13.2 Å². The van der Waals surface area contributed by atoms with E-state index in [1.165, 1.54) is 17.8 Å². The standard InChI is InChI=1S/C18H22N2O3S2/c21-18(14-6-2-1-3-7-14)20-13-16(15-8-4-10-19-12-15)25(22,23)17-9-5-11-24-17/h4-5,8-12,14,16H,1-3,6-7,13H2,(H,20,21). The molecule has 0 aromatic carbocycles. The summed E-state index contributed by atoms with van der Waals surface area (Å²) < 4.78 is 26.3. The minimum absolute atomic E-state index is 0.00717. The third-order valence-electron chi connectivity index (χ3n) is 4.64. The van der Waals surface area contributed by atoms with Crippen molar-refractivity contribution < 1.29 is 13.2 Å². The summed E-state index contributed by atoms with van der Waals surface area (Å²) in [5.41, 5.74) is 0.597. The molecule has 1 aliphatic carbocycles. The van der Waals surface area contributed by atoms with Crippen molar-refractivity contribution in [2.45, 2.75) is 41.6 Å². The molecular formula is C18H22N2O3S2. The van der Waals surface area contributed by atoms with Crippen molar-refractivity contribution in [2.24, 2.45) is 5.92 Å². The second-order valence-electron chi connectivity index (χ2n) is 6.33. The minimum atomic E-state index is -3.57. The zero-order valence-electron chi connectivity index (χ0n) is 13.9. The molecule has 0 bridgehead atoms. The van der Waals surface area contributed by atoms with Crippen molar-refractivity contribution in [3.05, 3.63) is 47.6 Å². The summed E-state index contributed by atoms with van der Waals surface area (Å²) in [6.45, 7) is 0.0707. The maximum Gasteiger partial charge on any atom is 0.223 e. The second kappa shape index (κ2) is 8.10. The second-order valence-corrected chi connectivity index (χ2v) is 9.64. The maximum absolute atomic E-state index is 13.0. The fourth-order valence-corrected chi connectivity index (χ4v) is 6.09. The number of pyridine rings is 1. The number of aromatic nitrogens is 1. The van der Waals surface area contributed by atoms with Crippen molar-refractivity contribution in [3.63, 3.8) is 0 Å². The number of sulfone groups is 1. The van der Waals surface area contributed by atoms with E-state index in [2.05, 4.69) is 10.3 Å². The highest BCUT2D eigenvalue weighted by Gasteiger charge is 2.31. The van der Waals surface area contributed by atoms with E-state index >= 15 is 0 Å². The summed E-state index contributed by atoms with van der Waals surface area (Å²) in [5.74, 6) is -0.0253.